The van der Waals surface area contributed by atoms with E-state index in [-0.39, 0.29) is 12.5 Å². The average Bonchev–Trinajstić information content (AvgIpc) is 3.52. The molecule has 1 aliphatic rings. The molecule has 1 aromatic carbocycles. The van der Waals surface area contributed by atoms with Crippen LogP contribution in [0.15, 0.2) is 41.9 Å². The van der Waals surface area contributed by atoms with Gasteiger partial charge in [-0.05, 0) is 61.0 Å². The first-order chi connectivity index (χ1) is 17.5. The molecule has 0 atom stereocenters. The summed E-state index contributed by atoms with van der Waals surface area (Å²) in [6.45, 7) is 5.27. The van der Waals surface area contributed by atoms with Gasteiger partial charge in [-0.25, -0.2) is 9.97 Å². The molecule has 0 aliphatic carbocycles. The number of aromatic amines is 1. The number of hydrogen-bond donors (Lipinski definition) is 3. The smallest absolute Gasteiger partial charge is 0.257 e. The van der Waals surface area contributed by atoms with E-state index in [0.717, 1.165) is 49.2 Å². The zero-order valence-electron chi connectivity index (χ0n) is 20.3. The van der Waals surface area contributed by atoms with Crippen LogP contribution in [0.5, 0.6) is 5.75 Å². The molecule has 0 unspecified atom stereocenters. The van der Waals surface area contributed by atoms with E-state index in [1.807, 2.05) is 35.6 Å². The molecule has 0 bridgehead atoms. The van der Waals surface area contributed by atoms with Gasteiger partial charge >= 0.3 is 0 Å². The molecular weight excluding hydrogens is 496 g/mol. The summed E-state index contributed by atoms with van der Waals surface area (Å²) in [5.74, 6) is 1.13. The average molecular weight is 525 g/mol. The normalized spacial score (nSPS) is 14.8. The van der Waals surface area contributed by atoms with Crippen molar-refractivity contribution in [3.8, 4) is 17.1 Å². The number of thiophene rings is 1. The molecule has 36 heavy (non-hydrogen) atoms. The molecule has 3 N–H and O–H groups in total. The molecule has 1 aliphatic heterocycles. The predicted octanol–water partition coefficient (Wildman–Crippen LogP) is 4.85. The van der Waals surface area contributed by atoms with Gasteiger partial charge in [0.05, 0.1) is 16.9 Å². The summed E-state index contributed by atoms with van der Waals surface area (Å²) in [5, 5.41) is 8.92. The molecule has 4 aromatic rings. The quantitative estimate of drug-likeness (QED) is 0.305. The summed E-state index contributed by atoms with van der Waals surface area (Å²) in [4.78, 5) is 27.9. The summed E-state index contributed by atoms with van der Waals surface area (Å²) < 4.78 is 5.48. The first kappa shape index (κ1) is 24.5. The van der Waals surface area contributed by atoms with Crippen molar-refractivity contribution in [1.82, 2.24) is 25.2 Å². The van der Waals surface area contributed by atoms with Crippen LogP contribution in [0.4, 0.5) is 5.69 Å². The van der Waals surface area contributed by atoms with Gasteiger partial charge in [0.15, 0.2) is 12.3 Å². The highest BCUT2D eigenvalue weighted by atomic mass is 35.5. The van der Waals surface area contributed by atoms with E-state index in [9.17, 15) is 4.79 Å². The fourth-order valence-corrected chi connectivity index (χ4v) is 5.48. The summed E-state index contributed by atoms with van der Waals surface area (Å²) in [7, 11) is 1.58. The first-order valence-corrected chi connectivity index (χ1v) is 13.3. The number of nitrogens with one attached hydrogen (secondary N) is 3. The van der Waals surface area contributed by atoms with Gasteiger partial charge in [0.1, 0.15) is 17.1 Å². The highest BCUT2D eigenvalue weighted by Crippen LogP contribution is 2.32. The number of anilines is 1. The Kier molecular flexibility index (Phi) is 7.41. The minimum atomic E-state index is -0.178. The Morgan fingerprint density at radius 3 is 2.72 bits per heavy atom. The van der Waals surface area contributed by atoms with Crippen molar-refractivity contribution in [2.75, 3.05) is 32.1 Å². The monoisotopic (exact) mass is 524 g/mol. The Morgan fingerprint density at radius 2 is 2.03 bits per heavy atom. The number of halogens is 1. The lowest BCUT2D eigenvalue weighted by molar-refractivity contribution is -0.122. The number of benzene rings is 1. The highest BCUT2D eigenvalue weighted by molar-refractivity contribution is 7.10. The van der Waals surface area contributed by atoms with Gasteiger partial charge in [-0.2, -0.15) is 0 Å². The number of imidazole rings is 1. The minimum absolute atomic E-state index is 0.0233. The number of carbonyl (C=O) groups excluding carboxylic acids is 1. The van der Waals surface area contributed by atoms with Crippen LogP contribution in [-0.2, 0) is 11.3 Å². The Hall–Kier alpha value is -3.14. The van der Waals surface area contributed by atoms with E-state index in [1.165, 1.54) is 10.4 Å². The van der Waals surface area contributed by atoms with Crippen LogP contribution in [0.2, 0.25) is 5.02 Å². The molecule has 188 valence electrons. The number of rotatable bonds is 8. The molecule has 0 radical (unpaired) electrons. The highest BCUT2D eigenvalue weighted by Gasteiger charge is 2.22. The molecule has 0 saturated carbocycles. The molecule has 3 aromatic heterocycles. The third-order valence-corrected chi connectivity index (χ3v) is 7.81. The predicted molar refractivity (Wildman–Crippen MR) is 145 cm³/mol. The molecule has 0 spiro atoms. The Morgan fingerprint density at radius 1 is 1.25 bits per heavy atom. The molecule has 1 saturated heterocycles. The van der Waals surface area contributed by atoms with Gasteiger partial charge in [0.2, 0.25) is 0 Å². The van der Waals surface area contributed by atoms with Gasteiger partial charge in [-0.15, -0.1) is 11.3 Å². The minimum Gasteiger partial charge on any atom is -0.484 e. The van der Waals surface area contributed by atoms with E-state index in [0.29, 0.717) is 28.3 Å². The number of nitrogens with zero attached hydrogens (tertiary/aromatic N) is 3. The lowest BCUT2D eigenvalue weighted by Crippen LogP contribution is -2.38. The van der Waals surface area contributed by atoms with E-state index in [1.54, 1.807) is 13.2 Å². The largest absolute Gasteiger partial charge is 0.484 e. The number of piperidine rings is 1. The fraction of sp³-hybridized carbons (Fsp3) is 0.346. The van der Waals surface area contributed by atoms with E-state index in [2.05, 4.69) is 43.9 Å². The third kappa shape index (κ3) is 5.48. The van der Waals surface area contributed by atoms with Crippen LogP contribution in [0.25, 0.3) is 22.6 Å². The van der Waals surface area contributed by atoms with Crippen LogP contribution in [0.3, 0.4) is 0 Å². The van der Waals surface area contributed by atoms with E-state index < -0.39 is 0 Å². The van der Waals surface area contributed by atoms with Gasteiger partial charge in [-0.1, -0.05) is 11.6 Å². The lowest BCUT2D eigenvalue weighted by Gasteiger charge is -2.32. The number of aromatic nitrogens is 3. The summed E-state index contributed by atoms with van der Waals surface area (Å²) in [6, 6.07) is 9.95. The number of likely N-dealkylation sites (tertiary alicyclic amines) is 1. The van der Waals surface area contributed by atoms with Gasteiger partial charge < -0.3 is 20.4 Å². The maximum atomic E-state index is 11.4. The molecule has 1 amide bonds. The number of likely N-dealkylation sites (N-methyl/N-ethyl adjacent to an activating group) is 1. The number of aryl methyl sites for hydroxylation is 1. The second-order valence-electron chi connectivity index (χ2n) is 8.97. The summed E-state index contributed by atoms with van der Waals surface area (Å²) >= 11 is 8.41. The summed E-state index contributed by atoms with van der Waals surface area (Å²) in [6.07, 6.45) is 3.75. The van der Waals surface area contributed by atoms with E-state index >= 15 is 0 Å². The number of ether oxygens (including phenoxy) is 1. The fourth-order valence-electron chi connectivity index (χ4n) is 4.34. The number of pyridine rings is 1. The van der Waals surface area contributed by atoms with Gasteiger partial charge in [0, 0.05) is 43.2 Å². The molecule has 1 fully saturated rings. The standard InChI is InChI=1S/C26H29ClN6O2S/c1-16-9-12-36-21(16)14-33-10-7-18(8-11-33)30-23-20(27)13-29-26-24(23)31-25(32-26)17-3-5-19(6-4-17)35-15-22(34)28-2/h3-6,9,12-13,18H,7-8,10-11,14-15H2,1-2H3,(H,28,34)(H2,29,30,31,32). The van der Waals surface area contributed by atoms with Gasteiger partial charge in [0.25, 0.3) is 5.91 Å². The van der Waals surface area contributed by atoms with Crippen molar-refractivity contribution in [1.29, 1.82) is 0 Å². The Labute approximate surface area is 219 Å². The zero-order chi connectivity index (χ0) is 25.1. The van der Waals surface area contributed by atoms with E-state index in [4.69, 9.17) is 21.3 Å². The van der Waals surface area contributed by atoms with Crippen molar-refractivity contribution in [3.05, 3.63) is 57.4 Å². The second kappa shape index (κ2) is 10.9. The Balaban J connectivity index is 1.27. The maximum absolute atomic E-state index is 11.4. The second-order valence-corrected chi connectivity index (χ2v) is 10.4. The van der Waals surface area contributed by atoms with Gasteiger partial charge in [-0.3, -0.25) is 9.69 Å². The number of amides is 1. The van der Waals surface area contributed by atoms with Crippen molar-refractivity contribution in [2.24, 2.45) is 0 Å². The number of H-pyrrole nitrogens is 1. The van der Waals surface area contributed by atoms with Crippen LogP contribution in [0.1, 0.15) is 23.3 Å². The third-order valence-electron chi connectivity index (χ3n) is 6.52. The van der Waals surface area contributed by atoms with Crippen LogP contribution >= 0.6 is 22.9 Å². The first-order valence-electron chi connectivity index (χ1n) is 12.0. The number of fused-ring (bicyclic) bond motifs is 1. The van der Waals surface area contributed by atoms with Crippen molar-refractivity contribution < 1.29 is 9.53 Å². The van der Waals surface area contributed by atoms with Crippen molar-refractivity contribution in [3.63, 3.8) is 0 Å². The van der Waals surface area contributed by atoms with Crippen molar-refractivity contribution in [2.45, 2.75) is 32.4 Å². The Bertz CT molecular complexity index is 1340. The molecule has 5 rings (SSSR count). The zero-order valence-corrected chi connectivity index (χ0v) is 21.9. The summed E-state index contributed by atoms with van der Waals surface area (Å²) in [5.41, 5.74) is 4.50. The van der Waals surface area contributed by atoms with Crippen molar-refractivity contribution >= 4 is 45.7 Å². The molecule has 10 heteroatoms. The van der Waals surface area contributed by atoms with Crippen LogP contribution in [-0.4, -0.2) is 58.5 Å². The molecule has 8 nitrogen and oxygen atoms in total. The topological polar surface area (TPSA) is 95.2 Å². The number of hydrogen-bond acceptors (Lipinski definition) is 7. The van der Waals surface area contributed by atoms with Crippen LogP contribution in [0, 0.1) is 6.92 Å². The molecule has 4 heterocycles. The number of carbonyl (C=O) groups is 1. The van der Waals surface area contributed by atoms with Crippen LogP contribution < -0.4 is 15.4 Å². The molecular formula is C26H29ClN6O2S. The maximum Gasteiger partial charge on any atom is 0.257 e. The SMILES string of the molecule is CNC(=O)COc1ccc(-c2nc3c(NC4CCN(Cc5sccc5C)CC4)c(Cl)cnc3[nH]2)cc1. The lowest BCUT2D eigenvalue weighted by atomic mass is 10.0.